The summed E-state index contributed by atoms with van der Waals surface area (Å²) in [5, 5.41) is 11.6. The highest BCUT2D eigenvalue weighted by atomic mass is 16.5. The lowest BCUT2D eigenvalue weighted by Crippen LogP contribution is -2.53. The van der Waals surface area contributed by atoms with E-state index in [-0.39, 0.29) is 25.2 Å². The van der Waals surface area contributed by atoms with Crippen molar-refractivity contribution in [2.24, 2.45) is 0 Å². The fraction of sp³-hybridized carbons (Fsp3) is 0.667. The number of rotatable bonds is 4. The van der Waals surface area contributed by atoms with Crippen LogP contribution >= 0.6 is 0 Å². The summed E-state index contributed by atoms with van der Waals surface area (Å²) in [6, 6.07) is -0.361. The Hall–Kier alpha value is -1.74. The van der Waals surface area contributed by atoms with Crippen LogP contribution in [0.5, 0.6) is 0 Å². The predicted octanol–water partition coefficient (Wildman–Crippen LogP) is 0.283. The summed E-state index contributed by atoms with van der Waals surface area (Å²) in [7, 11) is 0. The third-order valence-electron chi connectivity index (χ3n) is 2.81. The van der Waals surface area contributed by atoms with Gasteiger partial charge in [-0.05, 0) is 6.42 Å². The van der Waals surface area contributed by atoms with E-state index in [0.717, 1.165) is 6.42 Å². The van der Waals surface area contributed by atoms with Crippen LogP contribution in [0.4, 0.5) is 4.79 Å². The number of morpholine rings is 1. The first-order valence-corrected chi connectivity index (χ1v) is 5.91. The van der Waals surface area contributed by atoms with Gasteiger partial charge in [-0.25, -0.2) is 9.59 Å². The zero-order chi connectivity index (χ0) is 13.5. The monoisotopic (exact) mass is 254 g/mol. The normalized spacial score (nSPS) is 20.9. The second-order valence-electron chi connectivity index (χ2n) is 4.11. The lowest BCUT2D eigenvalue weighted by atomic mass is 10.1. The molecule has 0 radical (unpaired) electrons. The molecule has 1 fully saturated rings. The van der Waals surface area contributed by atoms with E-state index in [2.05, 4.69) is 11.2 Å². The molecule has 1 rings (SSSR count). The van der Waals surface area contributed by atoms with Crippen LogP contribution in [0.3, 0.4) is 0 Å². The van der Waals surface area contributed by atoms with Crippen LogP contribution in [0.15, 0.2) is 0 Å². The van der Waals surface area contributed by atoms with Crippen molar-refractivity contribution in [2.75, 3.05) is 19.7 Å². The third-order valence-corrected chi connectivity index (χ3v) is 2.81. The molecule has 0 aromatic rings. The summed E-state index contributed by atoms with van der Waals surface area (Å²) in [4.78, 5) is 24.1. The average Bonchev–Trinajstić information content (AvgIpc) is 2.38. The third kappa shape index (κ3) is 3.93. The number of hydrogen-bond donors (Lipinski definition) is 2. The minimum Gasteiger partial charge on any atom is -0.479 e. The van der Waals surface area contributed by atoms with Crippen molar-refractivity contribution in [3.63, 3.8) is 0 Å². The molecule has 2 unspecified atom stereocenters. The van der Waals surface area contributed by atoms with E-state index < -0.39 is 12.1 Å². The lowest BCUT2D eigenvalue weighted by molar-refractivity contribution is -0.154. The van der Waals surface area contributed by atoms with Gasteiger partial charge >= 0.3 is 12.0 Å². The first-order valence-electron chi connectivity index (χ1n) is 5.91. The number of carbonyl (C=O) groups excluding carboxylic acids is 1. The Morgan fingerprint density at radius 2 is 2.39 bits per heavy atom. The Morgan fingerprint density at radius 3 is 2.94 bits per heavy atom. The molecule has 6 nitrogen and oxygen atoms in total. The zero-order valence-corrected chi connectivity index (χ0v) is 10.4. The molecule has 1 heterocycles. The topological polar surface area (TPSA) is 78.9 Å². The summed E-state index contributed by atoms with van der Waals surface area (Å²) in [5.41, 5.74) is 0. The second-order valence-corrected chi connectivity index (χ2v) is 4.11. The van der Waals surface area contributed by atoms with Crippen molar-refractivity contribution in [1.82, 2.24) is 10.2 Å². The maximum absolute atomic E-state index is 11.9. The van der Waals surface area contributed by atoms with Gasteiger partial charge in [-0.15, -0.1) is 12.3 Å². The van der Waals surface area contributed by atoms with Crippen LogP contribution in [0.1, 0.15) is 19.8 Å². The molecular formula is C12H18N2O4. The molecule has 100 valence electrons. The number of amides is 2. The van der Waals surface area contributed by atoms with Crippen LogP contribution in [-0.4, -0.2) is 53.8 Å². The fourth-order valence-electron chi connectivity index (χ4n) is 1.69. The molecule has 0 saturated carbocycles. The highest BCUT2D eigenvalue weighted by Crippen LogP contribution is 2.07. The van der Waals surface area contributed by atoms with Gasteiger partial charge in [0.05, 0.1) is 13.2 Å². The summed E-state index contributed by atoms with van der Waals surface area (Å²) < 4.78 is 5.05. The van der Waals surface area contributed by atoms with Gasteiger partial charge in [0, 0.05) is 19.0 Å². The van der Waals surface area contributed by atoms with Crippen molar-refractivity contribution < 1.29 is 19.4 Å². The highest BCUT2D eigenvalue weighted by molar-refractivity contribution is 5.77. The number of carboxylic acid groups (broad SMARTS) is 1. The Kier molecular flexibility index (Phi) is 5.46. The minimum atomic E-state index is -1.05. The van der Waals surface area contributed by atoms with E-state index in [1.165, 1.54) is 4.90 Å². The van der Waals surface area contributed by atoms with Gasteiger partial charge in [-0.1, -0.05) is 6.92 Å². The van der Waals surface area contributed by atoms with E-state index in [1.54, 1.807) is 0 Å². The quantitative estimate of drug-likeness (QED) is 0.706. The van der Waals surface area contributed by atoms with Crippen LogP contribution in [0, 0.1) is 12.3 Å². The molecule has 0 aromatic heterocycles. The summed E-state index contributed by atoms with van der Waals surface area (Å²) in [6.45, 7) is 2.62. The number of nitrogens with zero attached hydrogens (tertiary/aromatic N) is 1. The molecule has 6 heteroatoms. The molecule has 0 aliphatic carbocycles. The summed E-state index contributed by atoms with van der Waals surface area (Å²) in [5.74, 6) is 1.45. The first kappa shape index (κ1) is 14.3. The molecule has 2 N–H and O–H groups in total. The van der Waals surface area contributed by atoms with Crippen molar-refractivity contribution in [2.45, 2.75) is 31.9 Å². The van der Waals surface area contributed by atoms with Crippen molar-refractivity contribution in [3.8, 4) is 12.3 Å². The lowest BCUT2D eigenvalue weighted by Gasteiger charge is -2.32. The number of ether oxygens (including phenoxy) is 1. The Labute approximate surface area is 106 Å². The number of terminal acetylenes is 1. The van der Waals surface area contributed by atoms with E-state index in [4.69, 9.17) is 16.3 Å². The molecular weight excluding hydrogens is 236 g/mol. The van der Waals surface area contributed by atoms with Crippen LogP contribution in [0.2, 0.25) is 0 Å². The number of carbonyl (C=O) groups is 2. The molecule has 1 saturated heterocycles. The first-order chi connectivity index (χ1) is 8.58. The number of aliphatic carboxylic acids is 1. The van der Waals surface area contributed by atoms with Crippen molar-refractivity contribution in [3.05, 3.63) is 0 Å². The van der Waals surface area contributed by atoms with Crippen LogP contribution in [0.25, 0.3) is 0 Å². The molecule has 0 bridgehead atoms. The SMILES string of the molecule is C#CCC(CC)NC(=O)N1CCOC(C(=O)O)C1. The summed E-state index contributed by atoms with van der Waals surface area (Å²) >= 11 is 0. The van der Waals surface area contributed by atoms with Gasteiger partial charge in [0.25, 0.3) is 0 Å². The minimum absolute atomic E-state index is 0.0631. The molecule has 1 aliphatic rings. The molecule has 0 aromatic carbocycles. The molecule has 1 aliphatic heterocycles. The van der Waals surface area contributed by atoms with Crippen molar-refractivity contribution in [1.29, 1.82) is 0 Å². The highest BCUT2D eigenvalue weighted by Gasteiger charge is 2.29. The fourth-order valence-corrected chi connectivity index (χ4v) is 1.69. The second kappa shape index (κ2) is 6.87. The van der Waals surface area contributed by atoms with Gasteiger partial charge in [-0.3, -0.25) is 0 Å². The Balaban J connectivity index is 2.50. The standard InChI is InChI=1S/C12H18N2O4/c1-3-5-9(4-2)13-12(17)14-6-7-18-10(8-14)11(15)16/h1,9-10H,4-8H2,2H3,(H,13,17)(H,15,16). The smallest absolute Gasteiger partial charge is 0.334 e. The van der Waals surface area contributed by atoms with E-state index in [1.807, 2.05) is 6.92 Å². The maximum atomic E-state index is 11.9. The average molecular weight is 254 g/mol. The van der Waals surface area contributed by atoms with Gasteiger partial charge in [0.1, 0.15) is 0 Å². The van der Waals surface area contributed by atoms with Crippen LogP contribution in [-0.2, 0) is 9.53 Å². The van der Waals surface area contributed by atoms with E-state index >= 15 is 0 Å². The Bertz CT molecular complexity index is 350. The number of nitrogens with one attached hydrogen (secondary N) is 1. The number of carboxylic acids is 1. The largest absolute Gasteiger partial charge is 0.479 e. The Morgan fingerprint density at radius 1 is 1.67 bits per heavy atom. The molecule has 0 spiro atoms. The van der Waals surface area contributed by atoms with Crippen molar-refractivity contribution >= 4 is 12.0 Å². The van der Waals surface area contributed by atoms with E-state index in [9.17, 15) is 9.59 Å². The van der Waals surface area contributed by atoms with Gasteiger partial charge in [0.15, 0.2) is 6.10 Å². The molecule has 18 heavy (non-hydrogen) atoms. The van der Waals surface area contributed by atoms with Crippen LogP contribution < -0.4 is 5.32 Å². The number of hydrogen-bond acceptors (Lipinski definition) is 3. The maximum Gasteiger partial charge on any atom is 0.334 e. The van der Waals surface area contributed by atoms with Gasteiger partial charge < -0.3 is 20.1 Å². The van der Waals surface area contributed by atoms with Gasteiger partial charge in [-0.2, -0.15) is 0 Å². The van der Waals surface area contributed by atoms with E-state index in [0.29, 0.717) is 13.0 Å². The predicted molar refractivity (Wildman–Crippen MR) is 65.0 cm³/mol. The molecule has 2 atom stereocenters. The summed E-state index contributed by atoms with van der Waals surface area (Å²) in [6.07, 6.45) is 5.47. The molecule has 2 amide bonds. The number of urea groups is 1. The zero-order valence-electron chi connectivity index (χ0n) is 10.4. The van der Waals surface area contributed by atoms with Gasteiger partial charge in [0.2, 0.25) is 0 Å².